The summed E-state index contributed by atoms with van der Waals surface area (Å²) >= 11 is 0. The van der Waals surface area contributed by atoms with E-state index in [1.807, 2.05) is 0 Å². The van der Waals surface area contributed by atoms with Crippen LogP contribution >= 0.6 is 0 Å². The first-order chi connectivity index (χ1) is 37.0. The van der Waals surface area contributed by atoms with Crippen LogP contribution in [-0.4, -0.2) is 37.2 Å². The van der Waals surface area contributed by atoms with Crippen molar-refractivity contribution in [2.24, 2.45) is 0 Å². The number of carbonyl (C=O) groups excluding carboxylic acids is 3. The van der Waals surface area contributed by atoms with Crippen molar-refractivity contribution in [3.8, 4) is 0 Å². The van der Waals surface area contributed by atoms with E-state index in [4.69, 9.17) is 14.2 Å². The second kappa shape index (κ2) is 62.9. The highest BCUT2D eigenvalue weighted by Gasteiger charge is 2.19. The number of ether oxygens (including phenoxy) is 3. The SMILES string of the molecule is CC/C=C\C/C=C\C/C=C\C/C=C\CCCCC(=O)OC(COC(=O)CCCCCCC/C=C\CCCCCCCC)COC(=O)CCCCCCCCCCCCCC/C=C\C/C=C\C/C=C\CCCCCCC. The van der Waals surface area contributed by atoms with Crippen LogP contribution in [0.15, 0.2) is 97.2 Å². The van der Waals surface area contributed by atoms with Crippen molar-refractivity contribution < 1.29 is 28.6 Å². The van der Waals surface area contributed by atoms with Crippen LogP contribution in [0.2, 0.25) is 0 Å². The lowest BCUT2D eigenvalue weighted by Gasteiger charge is -2.18. The van der Waals surface area contributed by atoms with Gasteiger partial charge in [-0.3, -0.25) is 14.4 Å². The van der Waals surface area contributed by atoms with Gasteiger partial charge in [-0.1, -0.05) is 259 Å². The van der Waals surface area contributed by atoms with Gasteiger partial charge in [-0.25, -0.2) is 0 Å². The first-order valence-electron chi connectivity index (χ1n) is 31.7. The van der Waals surface area contributed by atoms with Gasteiger partial charge in [-0.05, 0) is 122 Å². The summed E-state index contributed by atoms with van der Waals surface area (Å²) in [5, 5.41) is 0. The van der Waals surface area contributed by atoms with E-state index in [0.29, 0.717) is 19.3 Å². The molecule has 0 N–H and O–H groups in total. The average molecular weight is 1040 g/mol. The van der Waals surface area contributed by atoms with Crippen molar-refractivity contribution in [3.05, 3.63) is 97.2 Å². The first kappa shape index (κ1) is 71.3. The minimum atomic E-state index is -0.805. The molecule has 0 spiro atoms. The molecule has 1 atom stereocenters. The van der Waals surface area contributed by atoms with Crippen molar-refractivity contribution in [1.29, 1.82) is 0 Å². The second-order valence-electron chi connectivity index (χ2n) is 20.9. The van der Waals surface area contributed by atoms with Crippen LogP contribution in [0.5, 0.6) is 0 Å². The molecule has 0 bridgehead atoms. The molecule has 0 aliphatic heterocycles. The van der Waals surface area contributed by atoms with Crippen molar-refractivity contribution in [2.45, 2.75) is 309 Å². The minimum absolute atomic E-state index is 0.0973. The van der Waals surface area contributed by atoms with Gasteiger partial charge in [0.1, 0.15) is 13.2 Å². The smallest absolute Gasteiger partial charge is 0.306 e. The van der Waals surface area contributed by atoms with Gasteiger partial charge in [0.2, 0.25) is 0 Å². The van der Waals surface area contributed by atoms with Crippen LogP contribution in [-0.2, 0) is 28.6 Å². The Hall–Kier alpha value is -3.67. The molecule has 6 heteroatoms. The predicted molar refractivity (Wildman–Crippen MR) is 325 cm³/mol. The van der Waals surface area contributed by atoms with E-state index in [9.17, 15) is 14.4 Å². The van der Waals surface area contributed by atoms with Gasteiger partial charge in [0.15, 0.2) is 6.10 Å². The Morgan fingerprint density at radius 1 is 0.280 bits per heavy atom. The van der Waals surface area contributed by atoms with E-state index in [1.165, 1.54) is 161 Å². The van der Waals surface area contributed by atoms with Gasteiger partial charge in [0.25, 0.3) is 0 Å². The molecule has 0 aromatic heterocycles. The van der Waals surface area contributed by atoms with Crippen molar-refractivity contribution in [1.82, 2.24) is 0 Å². The molecular formula is C69H118O6. The fourth-order valence-electron chi connectivity index (χ4n) is 8.79. The molecule has 0 aliphatic rings. The van der Waals surface area contributed by atoms with E-state index >= 15 is 0 Å². The zero-order chi connectivity index (χ0) is 54.3. The van der Waals surface area contributed by atoms with E-state index in [1.54, 1.807) is 0 Å². The Morgan fingerprint density at radius 2 is 0.520 bits per heavy atom. The molecule has 0 saturated carbocycles. The summed E-state index contributed by atoms with van der Waals surface area (Å²) < 4.78 is 16.9. The fraction of sp³-hybridized carbons (Fsp3) is 0.725. The lowest BCUT2D eigenvalue weighted by atomic mass is 10.0. The van der Waals surface area contributed by atoms with E-state index < -0.39 is 6.10 Å². The number of hydrogen-bond acceptors (Lipinski definition) is 6. The van der Waals surface area contributed by atoms with Crippen molar-refractivity contribution >= 4 is 17.9 Å². The molecule has 0 radical (unpaired) electrons. The molecule has 75 heavy (non-hydrogen) atoms. The molecule has 0 aromatic carbocycles. The van der Waals surface area contributed by atoms with Gasteiger partial charge in [0.05, 0.1) is 0 Å². The molecule has 430 valence electrons. The number of rotatable bonds is 57. The number of esters is 3. The maximum absolute atomic E-state index is 12.9. The van der Waals surface area contributed by atoms with Crippen LogP contribution in [0.25, 0.3) is 0 Å². The molecule has 0 rings (SSSR count). The molecule has 1 unspecified atom stereocenters. The maximum atomic E-state index is 12.9. The van der Waals surface area contributed by atoms with Gasteiger partial charge < -0.3 is 14.2 Å². The van der Waals surface area contributed by atoms with Gasteiger partial charge in [0, 0.05) is 19.3 Å². The lowest BCUT2D eigenvalue weighted by Crippen LogP contribution is -2.30. The average Bonchev–Trinajstić information content (AvgIpc) is 3.41. The van der Waals surface area contributed by atoms with E-state index in [2.05, 4.69) is 118 Å². The van der Waals surface area contributed by atoms with Gasteiger partial charge in [-0.15, -0.1) is 0 Å². The Balaban J connectivity index is 4.33. The van der Waals surface area contributed by atoms with Crippen LogP contribution in [0.4, 0.5) is 0 Å². The first-order valence-corrected chi connectivity index (χ1v) is 31.7. The number of allylic oxidation sites excluding steroid dienone is 16. The molecule has 0 heterocycles. The Morgan fingerprint density at radius 3 is 0.853 bits per heavy atom. The highest BCUT2D eigenvalue weighted by molar-refractivity contribution is 5.71. The fourth-order valence-corrected chi connectivity index (χ4v) is 8.79. The third kappa shape index (κ3) is 61.1. The number of carbonyl (C=O) groups is 3. The highest BCUT2D eigenvalue weighted by atomic mass is 16.6. The second-order valence-corrected chi connectivity index (χ2v) is 20.9. The molecule has 0 aliphatic carbocycles. The largest absolute Gasteiger partial charge is 0.462 e. The van der Waals surface area contributed by atoms with Gasteiger partial charge >= 0.3 is 17.9 Å². The Kier molecular flexibility index (Phi) is 59.8. The Labute approximate surface area is 464 Å². The summed E-state index contributed by atoms with van der Waals surface area (Å²) in [7, 11) is 0. The maximum Gasteiger partial charge on any atom is 0.306 e. The third-order valence-corrected chi connectivity index (χ3v) is 13.5. The highest BCUT2D eigenvalue weighted by Crippen LogP contribution is 2.15. The third-order valence-electron chi connectivity index (χ3n) is 13.5. The summed E-state index contributed by atoms with van der Waals surface area (Å²) in [5.41, 5.74) is 0. The minimum Gasteiger partial charge on any atom is -0.462 e. The zero-order valence-corrected chi connectivity index (χ0v) is 49.3. The van der Waals surface area contributed by atoms with Crippen LogP contribution in [0, 0.1) is 0 Å². The Bertz CT molecular complexity index is 1480. The molecular weight excluding hydrogens is 925 g/mol. The molecule has 0 saturated heterocycles. The number of unbranched alkanes of at least 4 members (excludes halogenated alkanes) is 30. The van der Waals surface area contributed by atoms with Crippen LogP contribution in [0.3, 0.4) is 0 Å². The normalized spacial score (nSPS) is 12.7. The summed E-state index contributed by atoms with van der Waals surface area (Å²) in [5.74, 6) is -0.942. The quantitative estimate of drug-likeness (QED) is 0.0261. The molecule has 0 aromatic rings. The molecule has 6 nitrogen and oxygen atoms in total. The summed E-state index contributed by atoms with van der Waals surface area (Å²) in [6.07, 6.45) is 84.2. The van der Waals surface area contributed by atoms with E-state index in [0.717, 1.165) is 96.3 Å². The van der Waals surface area contributed by atoms with Gasteiger partial charge in [-0.2, -0.15) is 0 Å². The van der Waals surface area contributed by atoms with Crippen LogP contribution < -0.4 is 0 Å². The zero-order valence-electron chi connectivity index (χ0n) is 49.3. The molecule has 0 amide bonds. The summed E-state index contributed by atoms with van der Waals surface area (Å²) in [4.78, 5) is 38.2. The summed E-state index contributed by atoms with van der Waals surface area (Å²) in [6, 6.07) is 0. The molecule has 0 fully saturated rings. The van der Waals surface area contributed by atoms with E-state index in [-0.39, 0.29) is 37.5 Å². The topological polar surface area (TPSA) is 78.9 Å². The standard InChI is InChI=1S/C69H118O6/c1-4-7-10-13-16-19-22-25-28-29-30-31-32-33-34-35-36-37-38-39-42-44-47-50-53-56-59-62-68(71)74-65-66(75-69(72)63-60-57-54-51-48-45-41-27-24-21-18-15-12-9-6-3)64-73-67(70)61-58-55-52-49-46-43-40-26-23-20-17-14-11-8-5-2/h9,12,18,21-22,25-27,29-30,32-33,40-41,48,51,66H,4-8,10-11,13-17,19-20,23-24,28,31,34-39,42-47,49-50,52-65H2,1-3H3/b12-9-,21-18-,25-22-,30-29-,33-32-,40-26-,41-27-,51-48-. The predicted octanol–water partition coefficient (Wildman–Crippen LogP) is 21.7. The summed E-state index contributed by atoms with van der Waals surface area (Å²) in [6.45, 7) is 6.48. The number of hydrogen-bond donors (Lipinski definition) is 0. The van der Waals surface area contributed by atoms with Crippen molar-refractivity contribution in [3.63, 3.8) is 0 Å². The lowest BCUT2D eigenvalue weighted by molar-refractivity contribution is -0.167. The van der Waals surface area contributed by atoms with Crippen LogP contribution in [0.1, 0.15) is 303 Å². The monoisotopic (exact) mass is 1040 g/mol. The van der Waals surface area contributed by atoms with Crippen molar-refractivity contribution in [2.75, 3.05) is 13.2 Å².